The molecule has 1 N–H and O–H groups in total. The molecule has 1 nitrogen and oxygen atoms in total. The van der Waals surface area contributed by atoms with Gasteiger partial charge in [-0.25, -0.2) is 0 Å². The zero-order valence-corrected chi connectivity index (χ0v) is 8.54. The van der Waals surface area contributed by atoms with Crippen LogP contribution >= 0.6 is 39.1 Å². The van der Waals surface area contributed by atoms with Gasteiger partial charge >= 0.3 is 0 Å². The molecule has 0 aromatic heterocycles. The second-order valence-corrected chi connectivity index (χ2v) is 3.69. The van der Waals surface area contributed by atoms with E-state index in [1.165, 1.54) is 0 Å². The van der Waals surface area contributed by atoms with Crippen molar-refractivity contribution in [3.63, 3.8) is 0 Å². The number of hydrogen-bond acceptors (Lipinski definition) is 1. The van der Waals surface area contributed by atoms with Gasteiger partial charge in [-0.3, -0.25) is 0 Å². The Bertz CT molecular complexity index is 275. The Balaban J connectivity index is 3.24. The second kappa shape index (κ2) is 3.76. The van der Waals surface area contributed by atoms with E-state index in [1.54, 1.807) is 12.1 Å². The molecule has 4 heteroatoms. The zero-order chi connectivity index (χ0) is 8.43. The van der Waals surface area contributed by atoms with E-state index in [1.807, 2.05) is 0 Å². The van der Waals surface area contributed by atoms with Crippen molar-refractivity contribution in [2.75, 3.05) is 0 Å². The third kappa shape index (κ3) is 2.09. The van der Waals surface area contributed by atoms with Gasteiger partial charge in [0.25, 0.3) is 0 Å². The largest absolute Gasteiger partial charge is 0.392 e. The Labute approximate surface area is 83.1 Å². The molecule has 0 fully saturated rings. The van der Waals surface area contributed by atoms with Crippen molar-refractivity contribution in [2.24, 2.45) is 0 Å². The molecule has 60 valence electrons. The van der Waals surface area contributed by atoms with E-state index >= 15 is 0 Å². The van der Waals surface area contributed by atoms with E-state index in [-0.39, 0.29) is 6.61 Å². The fourth-order valence-electron chi connectivity index (χ4n) is 0.724. The van der Waals surface area contributed by atoms with Crippen LogP contribution < -0.4 is 0 Å². The summed E-state index contributed by atoms with van der Waals surface area (Å²) in [6.45, 7) is -0.0992. The summed E-state index contributed by atoms with van der Waals surface area (Å²) in [6, 6.07) is 3.32. The molecule has 0 saturated heterocycles. The first-order valence-corrected chi connectivity index (χ1v) is 4.44. The molecule has 0 aliphatic rings. The predicted octanol–water partition coefficient (Wildman–Crippen LogP) is 3.25. The molecule has 11 heavy (non-hydrogen) atoms. The van der Waals surface area contributed by atoms with Gasteiger partial charge in [0.2, 0.25) is 0 Å². The summed E-state index contributed by atoms with van der Waals surface area (Å²) in [5.41, 5.74) is 0.631. The van der Waals surface area contributed by atoms with Gasteiger partial charge in [-0.1, -0.05) is 23.2 Å². The Hall–Kier alpha value is 0.240. The first kappa shape index (κ1) is 9.33. The molecule has 0 saturated carbocycles. The zero-order valence-electron chi connectivity index (χ0n) is 5.44. The van der Waals surface area contributed by atoms with E-state index in [0.717, 1.165) is 0 Å². The highest BCUT2D eigenvalue weighted by Gasteiger charge is 2.04. The fraction of sp³-hybridized carbons (Fsp3) is 0.143. The van der Waals surface area contributed by atoms with Crippen LogP contribution in [-0.4, -0.2) is 5.11 Å². The molecule has 0 atom stereocenters. The average Bonchev–Trinajstić information content (AvgIpc) is 1.96. The maximum atomic E-state index is 8.80. The lowest BCUT2D eigenvalue weighted by Gasteiger charge is -2.02. The van der Waals surface area contributed by atoms with Crippen LogP contribution in [0.25, 0.3) is 0 Å². The minimum atomic E-state index is -0.0992. The lowest BCUT2D eigenvalue weighted by Crippen LogP contribution is -1.85. The van der Waals surface area contributed by atoms with Crippen molar-refractivity contribution < 1.29 is 5.11 Å². The molecule has 1 rings (SSSR count). The maximum Gasteiger partial charge on any atom is 0.0697 e. The van der Waals surface area contributed by atoms with Crippen LogP contribution in [0.15, 0.2) is 16.6 Å². The van der Waals surface area contributed by atoms with Crippen molar-refractivity contribution in [2.45, 2.75) is 6.61 Å². The van der Waals surface area contributed by atoms with Gasteiger partial charge in [-0.05, 0) is 33.6 Å². The predicted molar refractivity (Wildman–Crippen MR) is 50.1 cm³/mol. The van der Waals surface area contributed by atoms with Crippen LogP contribution in [-0.2, 0) is 6.61 Å². The lowest BCUT2D eigenvalue weighted by molar-refractivity contribution is 0.282. The van der Waals surface area contributed by atoms with Crippen LogP contribution in [0.1, 0.15) is 5.56 Å². The standard InChI is InChI=1S/C7H5BrCl2O/c8-6-2-5(9)1-4(3-11)7(6)10/h1-2,11H,3H2. The molecule has 0 radical (unpaired) electrons. The summed E-state index contributed by atoms with van der Waals surface area (Å²) >= 11 is 14.7. The smallest absolute Gasteiger partial charge is 0.0697 e. The summed E-state index contributed by atoms with van der Waals surface area (Å²) in [4.78, 5) is 0. The van der Waals surface area contributed by atoms with Crippen LogP contribution in [0.3, 0.4) is 0 Å². The minimum Gasteiger partial charge on any atom is -0.392 e. The van der Waals surface area contributed by atoms with Gasteiger partial charge in [0.05, 0.1) is 11.6 Å². The summed E-state index contributed by atoms with van der Waals surface area (Å²) in [6.07, 6.45) is 0. The molecule has 0 aliphatic heterocycles. The maximum absolute atomic E-state index is 8.80. The number of aliphatic hydroxyl groups excluding tert-OH is 1. The quantitative estimate of drug-likeness (QED) is 0.764. The van der Waals surface area contributed by atoms with E-state index in [0.29, 0.717) is 20.1 Å². The van der Waals surface area contributed by atoms with Crippen LogP contribution in [0, 0.1) is 0 Å². The van der Waals surface area contributed by atoms with Crippen LogP contribution in [0.5, 0.6) is 0 Å². The van der Waals surface area contributed by atoms with E-state index in [9.17, 15) is 0 Å². The van der Waals surface area contributed by atoms with Crippen molar-refractivity contribution in [1.29, 1.82) is 0 Å². The molecule has 1 aromatic carbocycles. The number of hydrogen-bond donors (Lipinski definition) is 1. The Morgan fingerprint density at radius 3 is 2.55 bits per heavy atom. The summed E-state index contributed by atoms with van der Waals surface area (Å²) in [7, 11) is 0. The summed E-state index contributed by atoms with van der Waals surface area (Å²) in [5, 5.41) is 9.87. The molecule has 0 amide bonds. The molecular formula is C7H5BrCl2O. The van der Waals surface area contributed by atoms with E-state index < -0.39 is 0 Å². The van der Waals surface area contributed by atoms with Crippen molar-refractivity contribution >= 4 is 39.1 Å². The number of halogens is 3. The highest BCUT2D eigenvalue weighted by molar-refractivity contribution is 9.10. The van der Waals surface area contributed by atoms with Crippen molar-refractivity contribution in [3.05, 3.63) is 32.2 Å². The van der Waals surface area contributed by atoms with E-state index in [2.05, 4.69) is 15.9 Å². The lowest BCUT2D eigenvalue weighted by atomic mass is 10.2. The fourth-order valence-corrected chi connectivity index (χ4v) is 1.77. The van der Waals surface area contributed by atoms with E-state index in [4.69, 9.17) is 28.3 Å². The molecule has 0 unspecified atom stereocenters. The highest BCUT2D eigenvalue weighted by atomic mass is 79.9. The number of aliphatic hydroxyl groups is 1. The first-order valence-electron chi connectivity index (χ1n) is 2.89. The number of rotatable bonds is 1. The molecule has 0 heterocycles. The third-order valence-electron chi connectivity index (χ3n) is 1.24. The second-order valence-electron chi connectivity index (χ2n) is 2.02. The SMILES string of the molecule is OCc1cc(Cl)cc(Br)c1Cl. The molecular weight excluding hydrogens is 251 g/mol. The molecule has 0 bridgehead atoms. The number of benzene rings is 1. The van der Waals surface area contributed by atoms with Crippen LogP contribution in [0.2, 0.25) is 10.0 Å². The van der Waals surface area contributed by atoms with Crippen LogP contribution in [0.4, 0.5) is 0 Å². The minimum absolute atomic E-state index is 0.0992. The van der Waals surface area contributed by atoms with Gasteiger partial charge < -0.3 is 5.11 Å². The molecule has 0 aliphatic carbocycles. The Morgan fingerprint density at radius 2 is 2.00 bits per heavy atom. The monoisotopic (exact) mass is 254 g/mol. The van der Waals surface area contributed by atoms with Crippen molar-refractivity contribution in [3.8, 4) is 0 Å². The Morgan fingerprint density at radius 1 is 1.36 bits per heavy atom. The van der Waals surface area contributed by atoms with Gasteiger partial charge in [0.1, 0.15) is 0 Å². The third-order valence-corrected chi connectivity index (χ3v) is 2.76. The highest BCUT2D eigenvalue weighted by Crippen LogP contribution is 2.29. The molecule has 0 spiro atoms. The van der Waals surface area contributed by atoms with Gasteiger partial charge in [0, 0.05) is 9.50 Å². The van der Waals surface area contributed by atoms with Gasteiger partial charge in [-0.2, -0.15) is 0 Å². The summed E-state index contributed by atoms with van der Waals surface area (Å²) in [5.74, 6) is 0. The van der Waals surface area contributed by atoms with Gasteiger partial charge in [0.15, 0.2) is 0 Å². The Kier molecular flexibility index (Phi) is 3.19. The van der Waals surface area contributed by atoms with Crippen molar-refractivity contribution in [1.82, 2.24) is 0 Å². The summed E-state index contributed by atoms with van der Waals surface area (Å²) < 4.78 is 0.704. The molecule has 1 aromatic rings. The topological polar surface area (TPSA) is 20.2 Å². The first-order chi connectivity index (χ1) is 5.15. The van der Waals surface area contributed by atoms with Gasteiger partial charge in [-0.15, -0.1) is 0 Å². The average molecular weight is 256 g/mol. The normalized spacial score (nSPS) is 10.2.